The fourth-order valence-electron chi connectivity index (χ4n) is 3.95. The molecule has 0 nitrogen and oxygen atoms in total. The molecule has 0 saturated heterocycles. The van der Waals surface area contributed by atoms with Gasteiger partial charge in [-0.15, -0.1) is 0 Å². The Kier molecular flexibility index (Phi) is 42.7. The maximum absolute atomic E-state index is 2.50. The Morgan fingerprint density at radius 3 is 0.471 bits per heavy atom. The van der Waals surface area contributed by atoms with Crippen molar-refractivity contribution in [3.05, 3.63) is 0 Å². The Labute approximate surface area is 223 Å². The maximum Gasteiger partial charge on any atom is -0.0417 e. The first-order valence-electron chi connectivity index (χ1n) is 16.0. The van der Waals surface area contributed by atoms with Gasteiger partial charge in [0.15, 0.2) is 0 Å². The molecule has 0 aliphatic heterocycles. The van der Waals surface area contributed by atoms with Crippen LogP contribution in [0.5, 0.6) is 0 Å². The highest BCUT2D eigenvalue weighted by Crippen LogP contribution is 2.31. The summed E-state index contributed by atoms with van der Waals surface area (Å²) in [5.41, 5.74) is 0. The molecule has 0 amide bonds. The molecule has 6 unspecified atom stereocenters. The van der Waals surface area contributed by atoms with Crippen LogP contribution in [-0.2, 0) is 0 Å². The van der Waals surface area contributed by atoms with Crippen LogP contribution in [-0.4, -0.2) is 0 Å². The van der Waals surface area contributed by atoms with E-state index in [1.165, 1.54) is 51.4 Å². The molecular formula is C34H78. The highest BCUT2D eigenvalue weighted by atomic mass is 14.2. The quantitative estimate of drug-likeness (QED) is 0.216. The minimum absolute atomic E-state index is 0.855. The second kappa shape index (κ2) is 33.0. The molecule has 0 aromatic rings. The van der Waals surface area contributed by atoms with Crippen molar-refractivity contribution in [3.63, 3.8) is 0 Å². The topological polar surface area (TPSA) is 0 Å². The lowest BCUT2D eigenvalue weighted by Gasteiger charge is -2.27. The van der Waals surface area contributed by atoms with Crippen molar-refractivity contribution in [2.45, 2.75) is 176 Å². The molecule has 6 atom stereocenters. The first-order chi connectivity index (χ1) is 16.0. The van der Waals surface area contributed by atoms with Crippen LogP contribution in [0.1, 0.15) is 176 Å². The first kappa shape index (κ1) is 44.0. The lowest BCUT2D eigenvalue weighted by atomic mass is 9.79. The Hall–Kier alpha value is 0. The summed E-state index contributed by atoms with van der Waals surface area (Å²) in [6, 6.07) is 0. The van der Waals surface area contributed by atoms with Crippen molar-refractivity contribution >= 4 is 0 Å². The molecule has 214 valence electrons. The SMILES string of the molecule is CC.CC.CC.CC.CC(C)CCC(C)C(C)CCC(C)C(C)CCC(C)C(C)CCC(C)C. The average molecular weight is 487 g/mol. The fourth-order valence-corrected chi connectivity index (χ4v) is 3.95. The molecular weight excluding hydrogens is 408 g/mol. The van der Waals surface area contributed by atoms with E-state index in [0.29, 0.717) is 0 Å². The molecule has 0 heteroatoms. The molecule has 0 saturated carbocycles. The van der Waals surface area contributed by atoms with Gasteiger partial charge in [-0.2, -0.15) is 0 Å². The molecule has 0 spiro atoms. The van der Waals surface area contributed by atoms with Crippen LogP contribution >= 0.6 is 0 Å². The molecule has 0 N–H and O–H groups in total. The standard InChI is InChI=1S/C26H54.4C2H6/c1-19(2)11-13-21(5)23(7)15-17-25(9)26(10)18-16-24(8)22(6)14-12-20(3)4;4*1-2/h19-26H,11-18H2,1-10H3;4*1-2H3. The van der Waals surface area contributed by atoms with Crippen LogP contribution in [0, 0.1) is 47.3 Å². The highest BCUT2D eigenvalue weighted by molar-refractivity contribution is 4.70. The van der Waals surface area contributed by atoms with E-state index in [-0.39, 0.29) is 0 Å². The van der Waals surface area contributed by atoms with Gasteiger partial charge in [-0.25, -0.2) is 0 Å². The van der Waals surface area contributed by atoms with Crippen LogP contribution in [0.4, 0.5) is 0 Å². The van der Waals surface area contributed by atoms with E-state index in [1.54, 1.807) is 0 Å². The van der Waals surface area contributed by atoms with Gasteiger partial charge in [0.2, 0.25) is 0 Å². The zero-order valence-electron chi connectivity index (χ0n) is 28.3. The molecule has 0 aromatic heterocycles. The minimum Gasteiger partial charge on any atom is -0.0683 e. The number of hydrogen-bond donors (Lipinski definition) is 0. The fraction of sp³-hybridized carbons (Fsp3) is 1.00. The summed E-state index contributed by atoms with van der Waals surface area (Å²) >= 11 is 0. The van der Waals surface area contributed by atoms with E-state index in [1.807, 2.05) is 55.4 Å². The summed E-state index contributed by atoms with van der Waals surface area (Å²) in [6.45, 7) is 40.3. The largest absolute Gasteiger partial charge is 0.0683 e. The van der Waals surface area contributed by atoms with E-state index in [9.17, 15) is 0 Å². The summed E-state index contributed by atoms with van der Waals surface area (Å²) in [5, 5.41) is 0. The van der Waals surface area contributed by atoms with Crippen molar-refractivity contribution < 1.29 is 0 Å². The van der Waals surface area contributed by atoms with Crippen LogP contribution in [0.2, 0.25) is 0 Å². The second-order valence-electron chi connectivity index (χ2n) is 11.0. The zero-order valence-corrected chi connectivity index (χ0v) is 28.3. The summed E-state index contributed by atoms with van der Waals surface area (Å²) in [6.07, 6.45) is 11.3. The van der Waals surface area contributed by atoms with E-state index < -0.39 is 0 Å². The number of rotatable bonds is 15. The third-order valence-electron chi connectivity index (χ3n) is 7.47. The molecule has 0 aliphatic rings. The second-order valence-corrected chi connectivity index (χ2v) is 11.0. The van der Waals surface area contributed by atoms with E-state index in [0.717, 1.165) is 47.3 Å². The smallest absolute Gasteiger partial charge is 0.0417 e. The Morgan fingerprint density at radius 1 is 0.235 bits per heavy atom. The lowest BCUT2D eigenvalue weighted by Crippen LogP contribution is -2.16. The normalized spacial score (nSPS) is 15.5. The van der Waals surface area contributed by atoms with Crippen LogP contribution in [0.3, 0.4) is 0 Å². The van der Waals surface area contributed by atoms with E-state index >= 15 is 0 Å². The van der Waals surface area contributed by atoms with Gasteiger partial charge in [0.05, 0.1) is 0 Å². The van der Waals surface area contributed by atoms with Crippen LogP contribution in [0.15, 0.2) is 0 Å². The molecule has 34 heavy (non-hydrogen) atoms. The van der Waals surface area contributed by atoms with Gasteiger partial charge in [-0.05, 0) is 47.3 Å². The van der Waals surface area contributed by atoms with Crippen LogP contribution < -0.4 is 0 Å². The van der Waals surface area contributed by atoms with E-state index in [2.05, 4.69) is 69.2 Å². The van der Waals surface area contributed by atoms with Gasteiger partial charge < -0.3 is 0 Å². The molecule has 0 fully saturated rings. The van der Waals surface area contributed by atoms with Gasteiger partial charge in [0.25, 0.3) is 0 Å². The van der Waals surface area contributed by atoms with Gasteiger partial charge in [-0.3, -0.25) is 0 Å². The minimum atomic E-state index is 0.855. The van der Waals surface area contributed by atoms with Crippen molar-refractivity contribution in [3.8, 4) is 0 Å². The summed E-state index contributed by atoms with van der Waals surface area (Å²) in [5.74, 6) is 7.03. The maximum atomic E-state index is 2.50. The van der Waals surface area contributed by atoms with Crippen LogP contribution in [0.25, 0.3) is 0 Å². The van der Waals surface area contributed by atoms with Gasteiger partial charge in [0, 0.05) is 0 Å². The molecule has 0 rings (SSSR count). The monoisotopic (exact) mass is 487 g/mol. The predicted molar refractivity (Wildman–Crippen MR) is 167 cm³/mol. The predicted octanol–water partition coefficient (Wildman–Crippen LogP) is 13.3. The molecule has 0 aliphatic carbocycles. The molecule has 0 heterocycles. The average Bonchev–Trinajstić information content (AvgIpc) is 2.86. The van der Waals surface area contributed by atoms with Crippen molar-refractivity contribution in [2.24, 2.45) is 47.3 Å². The molecule has 0 aromatic carbocycles. The van der Waals surface area contributed by atoms with Crippen molar-refractivity contribution in [2.75, 3.05) is 0 Å². The summed E-state index contributed by atoms with van der Waals surface area (Å²) in [4.78, 5) is 0. The first-order valence-corrected chi connectivity index (χ1v) is 16.0. The lowest BCUT2D eigenvalue weighted by molar-refractivity contribution is 0.245. The van der Waals surface area contributed by atoms with Gasteiger partial charge >= 0.3 is 0 Å². The number of hydrogen-bond acceptors (Lipinski definition) is 0. The van der Waals surface area contributed by atoms with Crippen molar-refractivity contribution in [1.82, 2.24) is 0 Å². The summed E-state index contributed by atoms with van der Waals surface area (Å²) in [7, 11) is 0. The van der Waals surface area contributed by atoms with Gasteiger partial charge in [-0.1, -0.05) is 176 Å². The van der Waals surface area contributed by atoms with Gasteiger partial charge in [0.1, 0.15) is 0 Å². The molecule has 0 bridgehead atoms. The Balaban J connectivity index is -0.000000314. The third-order valence-corrected chi connectivity index (χ3v) is 7.47. The third kappa shape index (κ3) is 30.0. The molecule has 0 radical (unpaired) electrons. The zero-order chi connectivity index (χ0) is 28.3. The highest BCUT2D eigenvalue weighted by Gasteiger charge is 2.19. The van der Waals surface area contributed by atoms with Crippen molar-refractivity contribution in [1.29, 1.82) is 0 Å². The Bertz CT molecular complexity index is 284. The summed E-state index contributed by atoms with van der Waals surface area (Å²) < 4.78 is 0. The Morgan fingerprint density at radius 2 is 0.353 bits per heavy atom. The van der Waals surface area contributed by atoms with E-state index in [4.69, 9.17) is 0 Å².